The van der Waals surface area contributed by atoms with Crippen LogP contribution in [-0.2, 0) is 29.6 Å². The third-order valence-corrected chi connectivity index (χ3v) is 8.58. The molecule has 0 saturated heterocycles. The summed E-state index contributed by atoms with van der Waals surface area (Å²) in [6, 6.07) is 14.4. The van der Waals surface area contributed by atoms with Crippen LogP contribution in [0.25, 0.3) is 11.1 Å². The molecule has 3 N–H and O–H groups in total. The maximum Gasteiger partial charge on any atom is 0.305 e. The Balaban J connectivity index is 0.00000207. The van der Waals surface area contributed by atoms with Crippen molar-refractivity contribution in [3.8, 4) is 0 Å². The molecule has 5 rings (SSSR count). The zero-order chi connectivity index (χ0) is 30.8. The molecule has 0 bridgehead atoms. The fourth-order valence-electron chi connectivity index (χ4n) is 4.56. The number of nitrogens with zero attached hydrogens (tertiary/aromatic N) is 5. The van der Waals surface area contributed by atoms with Crippen LogP contribution >= 0.6 is 0 Å². The monoisotopic (exact) mass is 610 g/mol. The number of aromatic nitrogens is 3. The van der Waals surface area contributed by atoms with Gasteiger partial charge >= 0.3 is 10.2 Å². The van der Waals surface area contributed by atoms with Gasteiger partial charge in [0.1, 0.15) is 12.0 Å². The van der Waals surface area contributed by atoms with Crippen molar-refractivity contribution in [2.24, 2.45) is 0 Å². The molecule has 4 aromatic rings. The maximum atomic E-state index is 13.9. The first-order valence-electron chi connectivity index (χ1n) is 14.3. The number of halogens is 1. The van der Waals surface area contributed by atoms with Crippen LogP contribution in [0.1, 0.15) is 37.4 Å². The summed E-state index contributed by atoms with van der Waals surface area (Å²) < 4.78 is 48.9. The van der Waals surface area contributed by atoms with E-state index in [1.165, 1.54) is 35.0 Å². The van der Waals surface area contributed by atoms with Gasteiger partial charge in [-0.2, -0.15) is 12.7 Å². The number of hydrogen-bond donors (Lipinski definition) is 3. The van der Waals surface area contributed by atoms with Gasteiger partial charge in [0.15, 0.2) is 22.8 Å². The molecule has 0 amide bonds. The van der Waals surface area contributed by atoms with Gasteiger partial charge in [0, 0.05) is 58.1 Å². The lowest BCUT2D eigenvalue weighted by Gasteiger charge is -2.31. The smallest absolute Gasteiger partial charge is 0.305 e. The van der Waals surface area contributed by atoms with E-state index >= 15 is 0 Å². The fraction of sp³-hybridized carbons (Fsp3) is 0.367. The van der Waals surface area contributed by atoms with E-state index in [-0.39, 0.29) is 12.2 Å². The lowest BCUT2D eigenvalue weighted by Crippen LogP contribution is -2.47. The van der Waals surface area contributed by atoms with Crippen LogP contribution in [0.15, 0.2) is 77.2 Å². The minimum atomic E-state index is -3.68. The third-order valence-electron chi connectivity index (χ3n) is 6.67. The lowest BCUT2D eigenvalue weighted by molar-refractivity contribution is 0.330. The molecule has 230 valence electrons. The summed E-state index contributed by atoms with van der Waals surface area (Å²) in [7, 11) is -0.601. The number of pyridine rings is 2. The van der Waals surface area contributed by atoms with Gasteiger partial charge in [0.2, 0.25) is 0 Å². The highest BCUT2D eigenvalue weighted by Crippen LogP contribution is 2.26. The van der Waals surface area contributed by atoms with Crippen molar-refractivity contribution in [1.82, 2.24) is 34.2 Å². The highest BCUT2D eigenvalue weighted by atomic mass is 32.2. The van der Waals surface area contributed by atoms with Crippen LogP contribution < -0.4 is 16.0 Å². The molecular formula is C30H39FN8O3S. The molecule has 0 spiro atoms. The second kappa shape index (κ2) is 14.9. The van der Waals surface area contributed by atoms with E-state index in [1.54, 1.807) is 24.5 Å². The molecule has 1 aromatic carbocycles. The van der Waals surface area contributed by atoms with Crippen LogP contribution in [0, 0.1) is 5.82 Å². The maximum absolute atomic E-state index is 13.9. The van der Waals surface area contributed by atoms with E-state index in [0.29, 0.717) is 60.9 Å². The Bertz CT molecular complexity index is 1610. The first-order valence-corrected chi connectivity index (χ1v) is 15.7. The molecule has 0 radical (unpaired) electrons. The minimum Gasteiger partial charge on any atom is -0.440 e. The highest BCUT2D eigenvalue weighted by Gasteiger charge is 2.36. The van der Waals surface area contributed by atoms with Crippen molar-refractivity contribution in [2.75, 3.05) is 32.5 Å². The van der Waals surface area contributed by atoms with Gasteiger partial charge in [-0.3, -0.25) is 4.98 Å². The summed E-state index contributed by atoms with van der Waals surface area (Å²) in [5, 5.41) is 9.69. The molecular weight excluding hydrogens is 571 g/mol. The fourth-order valence-corrected chi connectivity index (χ4v) is 5.81. The van der Waals surface area contributed by atoms with E-state index in [4.69, 9.17) is 4.42 Å². The topological polar surface area (TPSA) is 129 Å². The Labute approximate surface area is 252 Å². The first-order chi connectivity index (χ1) is 20.8. The lowest BCUT2D eigenvalue weighted by atomic mass is 10.1. The summed E-state index contributed by atoms with van der Waals surface area (Å²) >= 11 is 0. The summed E-state index contributed by atoms with van der Waals surface area (Å²) in [5.41, 5.74) is 3.17. The second-order valence-corrected chi connectivity index (χ2v) is 11.8. The van der Waals surface area contributed by atoms with Crippen LogP contribution in [0.5, 0.6) is 0 Å². The molecule has 3 aromatic heterocycles. The number of nitrogens with one attached hydrogen (secondary N) is 3. The van der Waals surface area contributed by atoms with E-state index in [2.05, 4.69) is 30.9 Å². The Morgan fingerprint density at radius 3 is 2.58 bits per heavy atom. The molecule has 43 heavy (non-hydrogen) atoms. The van der Waals surface area contributed by atoms with E-state index in [0.717, 1.165) is 5.56 Å². The molecule has 1 aliphatic heterocycles. The normalized spacial score (nSPS) is 14.8. The molecule has 4 heterocycles. The van der Waals surface area contributed by atoms with E-state index in [9.17, 15) is 12.8 Å². The van der Waals surface area contributed by atoms with Gasteiger partial charge in [0.25, 0.3) is 0 Å². The number of hydrogen-bond acceptors (Lipinski definition) is 9. The number of allylic oxidation sites excluding steroid dienone is 1. The van der Waals surface area contributed by atoms with Crippen LogP contribution in [-0.4, -0.2) is 65.3 Å². The van der Waals surface area contributed by atoms with Gasteiger partial charge in [-0.1, -0.05) is 44.2 Å². The van der Waals surface area contributed by atoms with Crippen molar-refractivity contribution in [3.05, 3.63) is 95.8 Å². The highest BCUT2D eigenvalue weighted by molar-refractivity contribution is 7.86. The van der Waals surface area contributed by atoms with Crippen LogP contribution in [0.2, 0.25) is 0 Å². The van der Waals surface area contributed by atoms with E-state index in [1.807, 2.05) is 44.2 Å². The van der Waals surface area contributed by atoms with Crippen molar-refractivity contribution in [1.29, 1.82) is 0 Å². The molecule has 1 unspecified atom stereocenters. The van der Waals surface area contributed by atoms with Crippen molar-refractivity contribution < 1.29 is 17.2 Å². The molecule has 1 aliphatic rings. The zero-order valence-corrected chi connectivity index (χ0v) is 25.7. The van der Waals surface area contributed by atoms with Crippen LogP contribution in [0.3, 0.4) is 0 Å². The summed E-state index contributed by atoms with van der Waals surface area (Å²) in [6.45, 7) is 5.33. The molecule has 11 nitrogen and oxygen atoms in total. The van der Waals surface area contributed by atoms with Crippen molar-refractivity contribution in [2.45, 2.75) is 45.8 Å². The summed E-state index contributed by atoms with van der Waals surface area (Å²) in [6.07, 6.45) is 6.12. The molecule has 0 saturated carbocycles. The largest absolute Gasteiger partial charge is 0.440 e. The third kappa shape index (κ3) is 7.86. The number of anilines is 1. The summed E-state index contributed by atoms with van der Waals surface area (Å²) in [5.74, 6) is 0.636. The summed E-state index contributed by atoms with van der Waals surface area (Å²) in [4.78, 5) is 12.9. The van der Waals surface area contributed by atoms with Gasteiger partial charge in [-0.05, 0) is 30.7 Å². The number of rotatable bonds is 13. The molecule has 0 fully saturated rings. The minimum absolute atomic E-state index is 0.167. The molecule has 0 aliphatic carbocycles. The number of oxazole rings is 1. The molecule has 13 heteroatoms. The van der Waals surface area contributed by atoms with Gasteiger partial charge in [-0.25, -0.2) is 18.7 Å². The average molecular weight is 611 g/mol. The van der Waals surface area contributed by atoms with E-state index < -0.39 is 22.2 Å². The van der Waals surface area contributed by atoms with Crippen molar-refractivity contribution in [3.63, 3.8) is 0 Å². The zero-order valence-electron chi connectivity index (χ0n) is 24.9. The number of fused-ring (bicyclic) bond motifs is 1. The Morgan fingerprint density at radius 2 is 1.84 bits per heavy atom. The second-order valence-electron chi connectivity index (χ2n) is 9.75. The Kier molecular flexibility index (Phi) is 11.0. The number of benzene rings is 1. The quantitative estimate of drug-likeness (QED) is 0.192. The molecule has 1 atom stereocenters. The standard InChI is InChI=1S/C28H33FN8O3S.C2H6/c1-36(2)41(38,39)37-21(17-20-7-4-3-5-8-20)18-33-25(37)11-14-30-15-12-26-35-27-24(40-26)10-16-32-28(27)34-19-23-22(29)9-6-13-31-23;1-2/h3-10,13,16,18,25,30,33H,11-12,14-15,17,19H2,1-2H3,(H,32,34);1-2H3. The predicted molar refractivity (Wildman–Crippen MR) is 165 cm³/mol. The predicted octanol–water partition coefficient (Wildman–Crippen LogP) is 4.04. The van der Waals surface area contributed by atoms with Crippen LogP contribution in [0.4, 0.5) is 10.2 Å². The Morgan fingerprint density at radius 1 is 1.05 bits per heavy atom. The van der Waals surface area contributed by atoms with Gasteiger partial charge in [-0.15, -0.1) is 0 Å². The van der Waals surface area contributed by atoms with Gasteiger partial charge < -0.3 is 20.4 Å². The SMILES string of the molecule is CC.CN(C)S(=O)(=O)N1C(Cc2ccccc2)=CNC1CCNCCc1nc2c(NCc3ncccc3F)nccc2o1. The average Bonchev–Trinajstić information content (AvgIpc) is 3.62. The van der Waals surface area contributed by atoms with Crippen molar-refractivity contribution >= 4 is 27.1 Å². The Hall–Kier alpha value is -4.07. The van der Waals surface area contributed by atoms with Gasteiger partial charge in [0.05, 0.1) is 17.9 Å². The first kappa shape index (κ1) is 31.9.